The van der Waals surface area contributed by atoms with Crippen molar-refractivity contribution in [3.8, 4) is 5.88 Å². The quantitative estimate of drug-likeness (QED) is 0.661. The van der Waals surface area contributed by atoms with Gasteiger partial charge in [0.2, 0.25) is 5.88 Å². The summed E-state index contributed by atoms with van der Waals surface area (Å²) in [6.07, 6.45) is 0. The molecule has 0 radical (unpaired) electrons. The van der Waals surface area contributed by atoms with E-state index in [0.29, 0.717) is 43.0 Å². The van der Waals surface area contributed by atoms with E-state index >= 15 is 0 Å². The number of amides is 2. The van der Waals surface area contributed by atoms with E-state index in [-0.39, 0.29) is 6.03 Å². The van der Waals surface area contributed by atoms with Gasteiger partial charge >= 0.3 is 6.03 Å². The van der Waals surface area contributed by atoms with Crippen molar-refractivity contribution in [2.75, 3.05) is 44.8 Å². The minimum Gasteiger partial charge on any atom is -0.476 e. The number of anilines is 2. The monoisotopic (exact) mass is 295 g/mol. The second-order valence-corrected chi connectivity index (χ2v) is 5.35. The first-order valence-corrected chi connectivity index (χ1v) is 6.98. The lowest BCUT2D eigenvalue weighted by atomic mass is 10.2. The van der Waals surface area contributed by atoms with Crippen LogP contribution in [-0.2, 0) is 0 Å². The number of pyridine rings is 1. The molecule has 0 aliphatic rings. The molecule has 0 aliphatic heterocycles. The van der Waals surface area contributed by atoms with Crippen LogP contribution >= 0.6 is 0 Å². The molecule has 7 nitrogen and oxygen atoms in total. The molecule has 0 unspecified atom stereocenters. The number of carbonyl (C=O) groups excluding carboxylic acids is 1. The highest BCUT2D eigenvalue weighted by Crippen LogP contribution is 2.21. The van der Waals surface area contributed by atoms with Gasteiger partial charge in [-0.25, -0.2) is 4.79 Å². The highest BCUT2D eigenvalue weighted by atomic mass is 16.5. The van der Waals surface area contributed by atoms with Crippen LogP contribution < -0.4 is 21.1 Å². The van der Waals surface area contributed by atoms with Crippen molar-refractivity contribution in [3.05, 3.63) is 12.1 Å². The molecule has 1 rings (SSSR count). The number of nitrogens with one attached hydrogen (secondary N) is 2. The van der Waals surface area contributed by atoms with Crippen LogP contribution in [0.1, 0.15) is 13.8 Å². The van der Waals surface area contributed by atoms with Crippen LogP contribution in [0.15, 0.2) is 12.1 Å². The Hall–Kier alpha value is -2.18. The van der Waals surface area contributed by atoms with Crippen molar-refractivity contribution in [2.45, 2.75) is 13.8 Å². The normalized spacial score (nSPS) is 10.3. The van der Waals surface area contributed by atoms with E-state index in [0.717, 1.165) is 0 Å². The summed E-state index contributed by atoms with van der Waals surface area (Å²) in [4.78, 5) is 17.1. The average molecular weight is 295 g/mol. The fourth-order valence-electron chi connectivity index (χ4n) is 1.43. The smallest absolute Gasteiger partial charge is 0.316 e. The zero-order valence-corrected chi connectivity index (χ0v) is 13.1. The summed E-state index contributed by atoms with van der Waals surface area (Å²) >= 11 is 0. The number of nitrogen functional groups attached to an aromatic ring is 1. The van der Waals surface area contributed by atoms with E-state index in [2.05, 4.69) is 29.5 Å². The van der Waals surface area contributed by atoms with Gasteiger partial charge in [0.1, 0.15) is 5.82 Å². The number of nitrogens with zero attached hydrogens (tertiary/aromatic N) is 2. The zero-order valence-electron chi connectivity index (χ0n) is 13.1. The number of hydrogen-bond acceptors (Lipinski definition) is 5. The molecule has 0 atom stereocenters. The summed E-state index contributed by atoms with van der Waals surface area (Å²) in [5.41, 5.74) is 6.34. The molecular weight excluding hydrogens is 270 g/mol. The first kappa shape index (κ1) is 16.9. The highest BCUT2D eigenvalue weighted by molar-refractivity contribution is 5.73. The van der Waals surface area contributed by atoms with E-state index in [1.54, 1.807) is 26.2 Å². The Morgan fingerprint density at radius 2 is 2.10 bits per heavy atom. The van der Waals surface area contributed by atoms with E-state index in [1.165, 1.54) is 4.90 Å². The summed E-state index contributed by atoms with van der Waals surface area (Å²) in [5, 5.41) is 5.87. The van der Waals surface area contributed by atoms with Crippen LogP contribution in [0, 0.1) is 5.92 Å². The molecule has 0 bridgehead atoms. The molecule has 4 N–H and O–H groups in total. The third-order valence-corrected chi connectivity index (χ3v) is 2.56. The molecule has 0 aliphatic carbocycles. The lowest BCUT2D eigenvalue weighted by molar-refractivity contribution is 0.218. The topological polar surface area (TPSA) is 92.5 Å². The Balaban J connectivity index is 2.45. The maximum Gasteiger partial charge on any atom is 0.316 e. The van der Waals surface area contributed by atoms with Crippen LogP contribution in [0.2, 0.25) is 0 Å². The van der Waals surface area contributed by atoms with E-state index in [4.69, 9.17) is 10.5 Å². The van der Waals surface area contributed by atoms with Crippen LogP contribution in [0.25, 0.3) is 0 Å². The number of ether oxygens (including phenoxy) is 1. The standard InChI is InChI=1S/C14H25N5O2/c1-10(2)9-21-13-11(15)5-6-12(18-13)16-7-8-17-14(20)19(3)4/h5-6,10H,7-9,15H2,1-4H3,(H,16,18)(H,17,20). The Morgan fingerprint density at radius 1 is 1.38 bits per heavy atom. The lowest BCUT2D eigenvalue weighted by Crippen LogP contribution is -2.37. The molecule has 1 aromatic heterocycles. The molecule has 1 aromatic rings. The van der Waals surface area contributed by atoms with Gasteiger partial charge in [-0.1, -0.05) is 13.8 Å². The zero-order chi connectivity index (χ0) is 15.8. The number of nitrogens with two attached hydrogens (primary N) is 1. The molecular formula is C14H25N5O2. The third-order valence-electron chi connectivity index (χ3n) is 2.56. The van der Waals surface area contributed by atoms with E-state index < -0.39 is 0 Å². The minimum atomic E-state index is -0.122. The van der Waals surface area contributed by atoms with Crippen molar-refractivity contribution in [1.29, 1.82) is 0 Å². The summed E-state index contributed by atoms with van der Waals surface area (Å²) in [6.45, 7) is 5.77. The second kappa shape index (κ2) is 8.18. The predicted molar refractivity (Wildman–Crippen MR) is 84.6 cm³/mol. The number of carbonyl (C=O) groups is 1. The van der Waals surface area contributed by atoms with Gasteiger partial charge in [0.25, 0.3) is 0 Å². The van der Waals surface area contributed by atoms with Gasteiger partial charge in [-0.15, -0.1) is 0 Å². The molecule has 7 heteroatoms. The van der Waals surface area contributed by atoms with Crippen LogP contribution in [-0.4, -0.2) is 49.7 Å². The molecule has 0 saturated carbocycles. The molecule has 21 heavy (non-hydrogen) atoms. The Bertz CT molecular complexity index is 463. The fourth-order valence-corrected chi connectivity index (χ4v) is 1.43. The van der Waals surface area contributed by atoms with E-state index in [9.17, 15) is 4.79 Å². The predicted octanol–water partition coefficient (Wildman–Crippen LogP) is 1.38. The van der Waals surface area contributed by atoms with Crippen molar-refractivity contribution in [3.63, 3.8) is 0 Å². The van der Waals surface area contributed by atoms with Crippen molar-refractivity contribution >= 4 is 17.5 Å². The van der Waals surface area contributed by atoms with Gasteiger partial charge in [-0.05, 0) is 18.1 Å². The van der Waals surface area contributed by atoms with Gasteiger partial charge in [0.15, 0.2) is 0 Å². The summed E-state index contributed by atoms with van der Waals surface area (Å²) in [6, 6.07) is 3.41. The molecule has 0 spiro atoms. The SMILES string of the molecule is CC(C)COc1nc(NCCNC(=O)N(C)C)ccc1N. The third kappa shape index (κ3) is 6.20. The summed E-state index contributed by atoms with van der Waals surface area (Å²) in [7, 11) is 3.39. The van der Waals surface area contributed by atoms with Gasteiger partial charge in [-0.3, -0.25) is 0 Å². The Kier molecular flexibility index (Phi) is 6.58. The fraction of sp³-hybridized carbons (Fsp3) is 0.571. The Labute approximate surface area is 125 Å². The number of urea groups is 1. The lowest BCUT2D eigenvalue weighted by Gasteiger charge is -2.14. The minimum absolute atomic E-state index is 0.122. The van der Waals surface area contributed by atoms with Gasteiger partial charge < -0.3 is 26.0 Å². The molecule has 1 heterocycles. The van der Waals surface area contributed by atoms with Crippen molar-refractivity contribution in [1.82, 2.24) is 15.2 Å². The molecule has 118 valence electrons. The van der Waals surface area contributed by atoms with Crippen LogP contribution in [0.4, 0.5) is 16.3 Å². The van der Waals surface area contributed by atoms with Crippen molar-refractivity contribution in [2.24, 2.45) is 5.92 Å². The summed E-state index contributed by atoms with van der Waals surface area (Å²) < 4.78 is 5.56. The molecule has 0 fully saturated rings. The number of rotatable bonds is 7. The largest absolute Gasteiger partial charge is 0.476 e. The van der Waals surface area contributed by atoms with E-state index in [1.807, 2.05) is 0 Å². The Morgan fingerprint density at radius 3 is 2.71 bits per heavy atom. The maximum atomic E-state index is 11.3. The summed E-state index contributed by atoms with van der Waals surface area (Å²) in [5.74, 6) is 1.51. The van der Waals surface area contributed by atoms with Crippen LogP contribution in [0.5, 0.6) is 5.88 Å². The molecule has 0 saturated heterocycles. The maximum absolute atomic E-state index is 11.3. The second-order valence-electron chi connectivity index (χ2n) is 5.35. The highest BCUT2D eigenvalue weighted by Gasteiger charge is 2.06. The number of aromatic nitrogens is 1. The van der Waals surface area contributed by atoms with Gasteiger partial charge in [0, 0.05) is 27.2 Å². The molecule has 0 aromatic carbocycles. The number of hydrogen-bond donors (Lipinski definition) is 3. The van der Waals surface area contributed by atoms with Crippen molar-refractivity contribution < 1.29 is 9.53 Å². The van der Waals surface area contributed by atoms with Gasteiger partial charge in [-0.2, -0.15) is 4.98 Å². The first-order chi connectivity index (χ1) is 9.90. The molecule has 2 amide bonds. The van der Waals surface area contributed by atoms with Crippen LogP contribution in [0.3, 0.4) is 0 Å². The average Bonchev–Trinajstić information content (AvgIpc) is 2.43. The van der Waals surface area contributed by atoms with Gasteiger partial charge in [0.05, 0.1) is 12.3 Å². The first-order valence-electron chi connectivity index (χ1n) is 6.98.